The Balaban J connectivity index is 0.000000148. The second kappa shape index (κ2) is 7.46. The molecule has 0 aromatic carbocycles. The first-order valence-electron chi connectivity index (χ1n) is 2.90. The monoisotopic (exact) mass is 132 g/mol. The number of hydrogen-bond donors (Lipinski definition) is 2. The van der Waals surface area contributed by atoms with Crippen LogP contribution in [0.2, 0.25) is 0 Å². The molecule has 9 heavy (non-hydrogen) atoms. The molecule has 3 heteroatoms. The lowest BCUT2D eigenvalue weighted by atomic mass is 10.5. The molecule has 1 aliphatic rings. The van der Waals surface area contributed by atoms with Crippen molar-refractivity contribution >= 4 is 0 Å². The van der Waals surface area contributed by atoms with Gasteiger partial charge in [0.05, 0.1) is 26.1 Å². The molecule has 0 saturated carbocycles. The van der Waals surface area contributed by atoms with E-state index in [-0.39, 0.29) is 13.2 Å². The summed E-state index contributed by atoms with van der Waals surface area (Å²) < 4.78 is 4.76. The van der Waals surface area contributed by atoms with Crippen LogP contribution in [0.15, 0.2) is 12.3 Å². The van der Waals surface area contributed by atoms with E-state index >= 15 is 0 Å². The van der Waals surface area contributed by atoms with Gasteiger partial charge in [-0.1, -0.05) is 0 Å². The van der Waals surface area contributed by atoms with Crippen LogP contribution in [0.5, 0.6) is 0 Å². The Labute approximate surface area is 54.6 Å². The molecule has 0 amide bonds. The van der Waals surface area contributed by atoms with Crippen LogP contribution >= 0.6 is 0 Å². The molecule has 0 bridgehead atoms. The van der Waals surface area contributed by atoms with Crippen LogP contribution in [-0.4, -0.2) is 30.0 Å². The summed E-state index contributed by atoms with van der Waals surface area (Å²) in [5, 5.41) is 15.2. The average Bonchev–Trinajstić information content (AvgIpc) is 2.43. The third-order valence-corrected chi connectivity index (χ3v) is 0.695. The minimum atomic E-state index is -0.125. The first-order valence-corrected chi connectivity index (χ1v) is 2.90. The zero-order valence-corrected chi connectivity index (χ0v) is 5.29. The molecule has 0 aromatic rings. The maximum atomic E-state index is 7.62. The number of rotatable bonds is 1. The van der Waals surface area contributed by atoms with E-state index in [9.17, 15) is 0 Å². The van der Waals surface area contributed by atoms with Crippen LogP contribution in [0.4, 0.5) is 0 Å². The molecule has 0 atom stereocenters. The van der Waals surface area contributed by atoms with E-state index in [1.165, 1.54) is 0 Å². The molecule has 1 aliphatic heterocycles. The Kier molecular flexibility index (Phi) is 7.01. The highest BCUT2D eigenvalue weighted by Gasteiger charge is 1.83. The number of aliphatic hydroxyl groups is 2. The lowest BCUT2D eigenvalue weighted by Gasteiger charge is -1.79. The number of ether oxygens (including phenoxy) is 1. The highest BCUT2D eigenvalue weighted by atomic mass is 16.5. The SMILES string of the molecule is C1=COCC1.OCCO. The van der Waals surface area contributed by atoms with Crippen LogP contribution in [0.1, 0.15) is 6.42 Å². The van der Waals surface area contributed by atoms with Gasteiger partial charge >= 0.3 is 0 Å². The topological polar surface area (TPSA) is 49.7 Å². The van der Waals surface area contributed by atoms with E-state index in [2.05, 4.69) is 0 Å². The summed E-state index contributed by atoms with van der Waals surface area (Å²) in [6, 6.07) is 0. The van der Waals surface area contributed by atoms with Gasteiger partial charge in [-0.15, -0.1) is 0 Å². The van der Waals surface area contributed by atoms with Gasteiger partial charge < -0.3 is 14.9 Å². The largest absolute Gasteiger partial charge is 0.501 e. The molecular formula is C6H12O3. The summed E-state index contributed by atoms with van der Waals surface area (Å²) in [5.41, 5.74) is 0. The van der Waals surface area contributed by atoms with Gasteiger partial charge in [-0.3, -0.25) is 0 Å². The molecule has 0 fully saturated rings. The van der Waals surface area contributed by atoms with Crippen molar-refractivity contribution in [3.05, 3.63) is 12.3 Å². The first-order chi connectivity index (χ1) is 4.41. The summed E-state index contributed by atoms with van der Waals surface area (Å²) in [5.74, 6) is 0. The van der Waals surface area contributed by atoms with Gasteiger partial charge in [-0.2, -0.15) is 0 Å². The molecule has 0 spiro atoms. The minimum Gasteiger partial charge on any atom is -0.501 e. The van der Waals surface area contributed by atoms with E-state index in [1.54, 1.807) is 6.26 Å². The van der Waals surface area contributed by atoms with Gasteiger partial charge in [0, 0.05) is 6.42 Å². The van der Waals surface area contributed by atoms with Crippen molar-refractivity contribution in [3.8, 4) is 0 Å². The van der Waals surface area contributed by atoms with Gasteiger partial charge in [-0.05, 0) is 6.08 Å². The van der Waals surface area contributed by atoms with Gasteiger partial charge in [0.2, 0.25) is 0 Å². The molecule has 1 rings (SSSR count). The van der Waals surface area contributed by atoms with Crippen molar-refractivity contribution in [2.75, 3.05) is 19.8 Å². The van der Waals surface area contributed by atoms with Gasteiger partial charge in [-0.25, -0.2) is 0 Å². The fourth-order valence-corrected chi connectivity index (χ4v) is 0.340. The Morgan fingerprint density at radius 2 is 2.00 bits per heavy atom. The summed E-state index contributed by atoms with van der Waals surface area (Å²) in [4.78, 5) is 0. The smallest absolute Gasteiger partial charge is 0.0908 e. The van der Waals surface area contributed by atoms with Crippen LogP contribution in [-0.2, 0) is 4.74 Å². The first kappa shape index (κ1) is 8.46. The van der Waals surface area contributed by atoms with Crippen molar-refractivity contribution in [3.63, 3.8) is 0 Å². The number of aliphatic hydroxyl groups excluding tert-OH is 2. The van der Waals surface area contributed by atoms with E-state index in [1.807, 2.05) is 6.08 Å². The van der Waals surface area contributed by atoms with Crippen LogP contribution in [0, 0.1) is 0 Å². The van der Waals surface area contributed by atoms with Gasteiger partial charge in [0.15, 0.2) is 0 Å². The summed E-state index contributed by atoms with van der Waals surface area (Å²) in [7, 11) is 0. The van der Waals surface area contributed by atoms with Crippen molar-refractivity contribution < 1.29 is 14.9 Å². The molecule has 54 valence electrons. The third kappa shape index (κ3) is 7.46. The van der Waals surface area contributed by atoms with Crippen LogP contribution in [0.25, 0.3) is 0 Å². The Morgan fingerprint density at radius 3 is 2.11 bits per heavy atom. The maximum Gasteiger partial charge on any atom is 0.0908 e. The predicted molar refractivity (Wildman–Crippen MR) is 33.9 cm³/mol. The Bertz CT molecular complexity index is 62.7. The standard InChI is InChI=1S/C4H6O.C2H6O2/c1-2-4-5-3-1;3-1-2-4/h1,3H,2,4H2;3-4H,1-2H2. The lowest BCUT2D eigenvalue weighted by molar-refractivity contribution is 0.186. The van der Waals surface area contributed by atoms with Crippen LogP contribution < -0.4 is 0 Å². The van der Waals surface area contributed by atoms with Crippen molar-refractivity contribution in [1.82, 2.24) is 0 Å². The Hall–Kier alpha value is -0.540. The second-order valence-electron chi connectivity index (χ2n) is 1.48. The summed E-state index contributed by atoms with van der Waals surface area (Å²) in [6.07, 6.45) is 4.85. The van der Waals surface area contributed by atoms with E-state index in [0.717, 1.165) is 13.0 Å². The van der Waals surface area contributed by atoms with Gasteiger partial charge in [0.25, 0.3) is 0 Å². The molecule has 0 aromatic heterocycles. The quantitative estimate of drug-likeness (QED) is 0.523. The molecule has 0 aliphatic carbocycles. The van der Waals surface area contributed by atoms with Crippen molar-refractivity contribution in [2.24, 2.45) is 0 Å². The summed E-state index contributed by atoms with van der Waals surface area (Å²) in [6.45, 7) is 0.639. The molecule has 1 heterocycles. The van der Waals surface area contributed by atoms with E-state index < -0.39 is 0 Å². The zero-order chi connectivity index (χ0) is 6.95. The average molecular weight is 132 g/mol. The number of hydrogen-bond acceptors (Lipinski definition) is 3. The maximum absolute atomic E-state index is 7.62. The molecule has 0 radical (unpaired) electrons. The van der Waals surface area contributed by atoms with E-state index in [4.69, 9.17) is 14.9 Å². The van der Waals surface area contributed by atoms with Crippen LogP contribution in [0.3, 0.4) is 0 Å². The zero-order valence-electron chi connectivity index (χ0n) is 5.29. The highest BCUT2D eigenvalue weighted by molar-refractivity contribution is 4.78. The minimum absolute atomic E-state index is 0.125. The van der Waals surface area contributed by atoms with Crippen molar-refractivity contribution in [1.29, 1.82) is 0 Å². The molecular weight excluding hydrogens is 120 g/mol. The normalized spacial score (nSPS) is 14.0. The Morgan fingerprint density at radius 1 is 1.33 bits per heavy atom. The molecule has 3 nitrogen and oxygen atoms in total. The predicted octanol–water partition coefficient (Wildman–Crippen LogP) is -0.109. The summed E-state index contributed by atoms with van der Waals surface area (Å²) >= 11 is 0. The second-order valence-corrected chi connectivity index (χ2v) is 1.48. The van der Waals surface area contributed by atoms with Crippen molar-refractivity contribution in [2.45, 2.75) is 6.42 Å². The fraction of sp³-hybridized carbons (Fsp3) is 0.667. The highest BCUT2D eigenvalue weighted by Crippen LogP contribution is 1.93. The third-order valence-electron chi connectivity index (χ3n) is 0.695. The molecule has 0 unspecified atom stereocenters. The molecule has 2 N–H and O–H groups in total. The van der Waals surface area contributed by atoms with E-state index in [0.29, 0.717) is 0 Å². The van der Waals surface area contributed by atoms with Gasteiger partial charge in [0.1, 0.15) is 0 Å². The molecule has 0 saturated heterocycles. The fourth-order valence-electron chi connectivity index (χ4n) is 0.340. The lowest BCUT2D eigenvalue weighted by Crippen LogP contribution is -1.85.